The predicted octanol–water partition coefficient (Wildman–Crippen LogP) is 4.73. The Morgan fingerprint density at radius 2 is 1.93 bits per heavy atom. The first-order valence-electron chi connectivity index (χ1n) is 9.89. The van der Waals surface area contributed by atoms with Crippen molar-refractivity contribution in [1.29, 1.82) is 0 Å². The maximum Gasteiger partial charge on any atom is 0.411 e. The number of nitrogens with zero attached hydrogens (tertiary/aromatic N) is 2. The monoisotopic (exact) mass is 471 g/mol. The zero-order chi connectivity index (χ0) is 20.9. The topological polar surface area (TPSA) is 84.7 Å². The minimum Gasteiger partial charge on any atom is -0.448 e. The van der Waals surface area contributed by atoms with Crippen molar-refractivity contribution in [1.82, 2.24) is 10.1 Å². The highest BCUT2D eigenvalue weighted by Gasteiger charge is 2.25. The molecule has 1 aliphatic rings. The van der Waals surface area contributed by atoms with Crippen LogP contribution in [0.15, 0.2) is 57.7 Å². The van der Waals surface area contributed by atoms with Crippen LogP contribution in [0.1, 0.15) is 23.2 Å². The molecule has 1 aromatic heterocycles. The molecule has 1 aliphatic heterocycles. The van der Waals surface area contributed by atoms with E-state index in [9.17, 15) is 9.59 Å². The van der Waals surface area contributed by atoms with Gasteiger partial charge in [0.15, 0.2) is 11.4 Å². The van der Waals surface area contributed by atoms with Crippen molar-refractivity contribution in [3.05, 3.63) is 58.7 Å². The third-order valence-electron chi connectivity index (χ3n) is 5.33. The second-order valence-electron chi connectivity index (χ2n) is 7.33. The number of aromatic nitrogens is 1. The number of likely N-dealkylation sites (tertiary alicyclic amines) is 1. The fraction of sp³-hybridized carbons (Fsp3) is 0.318. The van der Waals surface area contributed by atoms with Crippen molar-refractivity contribution in [2.24, 2.45) is 5.92 Å². The fourth-order valence-electron chi connectivity index (χ4n) is 3.63. The summed E-state index contributed by atoms with van der Waals surface area (Å²) in [5.74, 6) is 0.263. The lowest BCUT2D eigenvalue weighted by Crippen LogP contribution is -2.38. The molecule has 0 spiro atoms. The standard InChI is InChI=1S/C22H22BrN3O4/c23-18-4-1-15(2-5-18)21(27)16-7-9-26(10-8-16)11-12-29-22(28)25-19-6-3-17-14-24-30-20(17)13-19/h1-6,13-14,16H,7-12H2,(H,25,28). The normalized spacial score (nSPS) is 15.2. The maximum atomic E-state index is 12.6. The van der Waals surface area contributed by atoms with Crippen LogP contribution in [0.3, 0.4) is 0 Å². The van der Waals surface area contributed by atoms with E-state index in [1.165, 1.54) is 0 Å². The van der Waals surface area contributed by atoms with Gasteiger partial charge in [0.05, 0.1) is 6.20 Å². The van der Waals surface area contributed by atoms with Crippen molar-refractivity contribution >= 4 is 44.5 Å². The highest BCUT2D eigenvalue weighted by molar-refractivity contribution is 9.10. The number of anilines is 1. The molecule has 4 rings (SSSR count). The molecule has 8 heteroatoms. The van der Waals surface area contributed by atoms with Crippen molar-refractivity contribution in [2.75, 3.05) is 31.6 Å². The first-order valence-corrected chi connectivity index (χ1v) is 10.7. The fourth-order valence-corrected chi connectivity index (χ4v) is 3.89. The number of fused-ring (bicyclic) bond motifs is 1. The Hall–Kier alpha value is -2.71. The van der Waals surface area contributed by atoms with Gasteiger partial charge in [0.25, 0.3) is 0 Å². The van der Waals surface area contributed by atoms with Crippen LogP contribution in [0.5, 0.6) is 0 Å². The SMILES string of the molecule is O=C(Nc1ccc2cnoc2c1)OCCN1CCC(C(=O)c2ccc(Br)cc2)CC1. The van der Waals surface area contributed by atoms with E-state index in [4.69, 9.17) is 9.26 Å². The largest absolute Gasteiger partial charge is 0.448 e. The molecular weight excluding hydrogens is 450 g/mol. The molecule has 0 radical (unpaired) electrons. The number of piperidine rings is 1. The van der Waals surface area contributed by atoms with Gasteiger partial charge in [-0.1, -0.05) is 33.2 Å². The summed E-state index contributed by atoms with van der Waals surface area (Å²) in [6, 6.07) is 12.8. The number of Topliss-reactive ketones (excluding diaryl/α,β-unsaturated/α-hetero) is 1. The molecule has 1 fully saturated rings. The quantitative estimate of drug-likeness (QED) is 0.522. The number of halogens is 1. The van der Waals surface area contributed by atoms with Crippen LogP contribution in [0.25, 0.3) is 11.0 Å². The average molecular weight is 472 g/mol. The smallest absolute Gasteiger partial charge is 0.411 e. The van der Waals surface area contributed by atoms with Crippen LogP contribution in [-0.2, 0) is 4.74 Å². The van der Waals surface area contributed by atoms with Crippen LogP contribution >= 0.6 is 15.9 Å². The highest BCUT2D eigenvalue weighted by atomic mass is 79.9. The van der Waals surface area contributed by atoms with E-state index in [-0.39, 0.29) is 11.7 Å². The zero-order valence-electron chi connectivity index (χ0n) is 16.3. The number of ketones is 1. The number of hydrogen-bond donors (Lipinski definition) is 1. The summed E-state index contributed by atoms with van der Waals surface area (Å²) in [6.07, 6.45) is 2.75. The van der Waals surface area contributed by atoms with Crippen molar-refractivity contribution in [3.8, 4) is 0 Å². The minimum absolute atomic E-state index is 0.0534. The Balaban J connectivity index is 1.18. The number of carbonyl (C=O) groups is 2. The first kappa shape index (κ1) is 20.6. The molecule has 0 bridgehead atoms. The van der Waals surface area contributed by atoms with E-state index in [1.807, 2.05) is 30.3 Å². The van der Waals surface area contributed by atoms with Gasteiger partial charge in [-0.2, -0.15) is 0 Å². The molecule has 0 saturated carbocycles. The Kier molecular flexibility index (Phi) is 6.44. The van der Waals surface area contributed by atoms with Gasteiger partial charge in [0.2, 0.25) is 0 Å². The molecule has 1 amide bonds. The van der Waals surface area contributed by atoms with Crippen LogP contribution in [0.2, 0.25) is 0 Å². The van der Waals surface area contributed by atoms with Crippen molar-refractivity contribution in [2.45, 2.75) is 12.8 Å². The van der Waals surface area contributed by atoms with E-state index < -0.39 is 6.09 Å². The molecule has 2 heterocycles. The van der Waals surface area contributed by atoms with E-state index in [1.54, 1.807) is 18.3 Å². The second-order valence-corrected chi connectivity index (χ2v) is 8.24. The summed E-state index contributed by atoms with van der Waals surface area (Å²) in [5, 5.41) is 7.27. The summed E-state index contributed by atoms with van der Waals surface area (Å²) >= 11 is 3.39. The lowest BCUT2D eigenvalue weighted by molar-refractivity contribution is 0.0813. The lowest BCUT2D eigenvalue weighted by Gasteiger charge is -2.31. The van der Waals surface area contributed by atoms with Gasteiger partial charge >= 0.3 is 6.09 Å². The summed E-state index contributed by atoms with van der Waals surface area (Å²) in [7, 11) is 0. The van der Waals surface area contributed by atoms with Gasteiger partial charge in [-0.05, 0) is 50.2 Å². The molecule has 30 heavy (non-hydrogen) atoms. The Morgan fingerprint density at radius 1 is 1.17 bits per heavy atom. The number of amides is 1. The zero-order valence-corrected chi connectivity index (χ0v) is 17.9. The molecule has 7 nitrogen and oxygen atoms in total. The molecule has 0 unspecified atom stereocenters. The number of rotatable bonds is 6. The number of nitrogens with one attached hydrogen (secondary N) is 1. The van der Waals surface area contributed by atoms with E-state index in [2.05, 4.69) is 31.3 Å². The number of carbonyl (C=O) groups excluding carboxylic acids is 2. The van der Waals surface area contributed by atoms with E-state index in [0.29, 0.717) is 24.4 Å². The van der Waals surface area contributed by atoms with E-state index >= 15 is 0 Å². The van der Waals surface area contributed by atoms with Crippen LogP contribution < -0.4 is 5.32 Å². The Morgan fingerprint density at radius 3 is 2.70 bits per heavy atom. The molecule has 3 aromatic rings. The second kappa shape index (κ2) is 9.40. The molecule has 1 N–H and O–H groups in total. The number of benzene rings is 2. The van der Waals surface area contributed by atoms with Gasteiger partial charge in [0.1, 0.15) is 6.61 Å². The molecule has 0 aliphatic carbocycles. The summed E-state index contributed by atoms with van der Waals surface area (Å²) in [6.45, 7) is 2.58. The molecular formula is C22H22BrN3O4. The average Bonchev–Trinajstić information content (AvgIpc) is 3.22. The maximum absolute atomic E-state index is 12.6. The van der Waals surface area contributed by atoms with E-state index in [0.717, 1.165) is 41.4 Å². The van der Waals surface area contributed by atoms with Crippen molar-refractivity contribution < 1.29 is 18.8 Å². The lowest BCUT2D eigenvalue weighted by atomic mass is 9.89. The summed E-state index contributed by atoms with van der Waals surface area (Å²) < 4.78 is 11.3. The Labute approximate surface area is 182 Å². The molecule has 0 atom stereocenters. The van der Waals surface area contributed by atoms with Crippen molar-refractivity contribution in [3.63, 3.8) is 0 Å². The van der Waals surface area contributed by atoms with Gasteiger partial charge in [-0.15, -0.1) is 0 Å². The van der Waals surface area contributed by atoms with Gasteiger partial charge in [-0.3, -0.25) is 15.0 Å². The van der Waals surface area contributed by atoms with Gasteiger partial charge < -0.3 is 9.26 Å². The third-order valence-corrected chi connectivity index (χ3v) is 5.86. The van der Waals surface area contributed by atoms with Crippen LogP contribution in [0.4, 0.5) is 10.5 Å². The number of ether oxygens (including phenoxy) is 1. The molecule has 1 saturated heterocycles. The summed E-state index contributed by atoms with van der Waals surface area (Å²) in [5.41, 5.74) is 1.96. The Bertz CT molecular complexity index is 1030. The molecule has 2 aromatic carbocycles. The van der Waals surface area contributed by atoms with Gasteiger partial charge in [0, 0.05) is 39.6 Å². The predicted molar refractivity (Wildman–Crippen MR) is 117 cm³/mol. The molecule has 156 valence electrons. The summed E-state index contributed by atoms with van der Waals surface area (Å²) in [4.78, 5) is 26.9. The first-order chi connectivity index (χ1) is 14.6. The van der Waals surface area contributed by atoms with Crippen LogP contribution in [-0.4, -0.2) is 48.2 Å². The third kappa shape index (κ3) is 5.06. The number of hydrogen-bond acceptors (Lipinski definition) is 6. The van der Waals surface area contributed by atoms with Crippen LogP contribution in [0, 0.1) is 5.92 Å². The highest BCUT2D eigenvalue weighted by Crippen LogP contribution is 2.23. The van der Waals surface area contributed by atoms with Gasteiger partial charge in [-0.25, -0.2) is 4.79 Å². The minimum atomic E-state index is -0.505.